The molecule has 13 heavy (non-hydrogen) atoms. The van der Waals surface area contributed by atoms with E-state index in [4.69, 9.17) is 0 Å². The average molecular weight is 173 g/mol. The van der Waals surface area contributed by atoms with Gasteiger partial charge in [-0.15, -0.1) is 0 Å². The maximum atomic E-state index is 2.23. The van der Waals surface area contributed by atoms with Gasteiger partial charge in [0.25, 0.3) is 0 Å². The number of allylic oxidation sites excluding steroid dienone is 8. The SMILES string of the molecule is [CH]1/C=C/C=C/C/C=C\C=C\CCC1. The summed E-state index contributed by atoms with van der Waals surface area (Å²) in [6.07, 6.45) is 24.0. The molecule has 0 aromatic carbocycles. The van der Waals surface area contributed by atoms with Crippen LogP contribution in [0.1, 0.15) is 25.7 Å². The summed E-state index contributed by atoms with van der Waals surface area (Å²) in [7, 11) is 0. The van der Waals surface area contributed by atoms with E-state index >= 15 is 0 Å². The van der Waals surface area contributed by atoms with Gasteiger partial charge in [0.1, 0.15) is 0 Å². The predicted molar refractivity (Wildman–Crippen MR) is 59.3 cm³/mol. The van der Waals surface area contributed by atoms with Crippen LogP contribution in [0.2, 0.25) is 0 Å². The molecule has 0 saturated carbocycles. The van der Waals surface area contributed by atoms with Crippen LogP contribution in [0.3, 0.4) is 0 Å². The van der Waals surface area contributed by atoms with E-state index in [2.05, 4.69) is 55.0 Å². The van der Waals surface area contributed by atoms with E-state index in [9.17, 15) is 0 Å². The van der Waals surface area contributed by atoms with E-state index in [1.165, 1.54) is 19.3 Å². The van der Waals surface area contributed by atoms with Gasteiger partial charge in [-0.2, -0.15) is 0 Å². The third kappa shape index (κ3) is 6.15. The Labute approximate surface area is 81.4 Å². The van der Waals surface area contributed by atoms with Crippen molar-refractivity contribution in [1.29, 1.82) is 0 Å². The summed E-state index contributed by atoms with van der Waals surface area (Å²) in [5, 5.41) is 0. The Morgan fingerprint density at radius 2 is 1.38 bits per heavy atom. The third-order valence-electron chi connectivity index (χ3n) is 1.89. The lowest BCUT2D eigenvalue weighted by Crippen LogP contribution is -1.72. The molecule has 0 aliphatic heterocycles. The first-order valence-corrected chi connectivity index (χ1v) is 4.97. The van der Waals surface area contributed by atoms with Crippen LogP contribution in [0.25, 0.3) is 0 Å². The van der Waals surface area contributed by atoms with Crippen LogP contribution in [-0.2, 0) is 0 Å². The van der Waals surface area contributed by atoms with Gasteiger partial charge in [0, 0.05) is 0 Å². The van der Waals surface area contributed by atoms with Gasteiger partial charge in [0.2, 0.25) is 0 Å². The molecule has 1 rings (SSSR count). The van der Waals surface area contributed by atoms with Crippen molar-refractivity contribution in [3.05, 3.63) is 55.0 Å². The molecule has 0 atom stereocenters. The summed E-state index contributed by atoms with van der Waals surface area (Å²) in [4.78, 5) is 0. The molecule has 0 heterocycles. The molecular weight excluding hydrogens is 156 g/mol. The molecule has 0 saturated heterocycles. The molecule has 69 valence electrons. The maximum Gasteiger partial charge on any atom is -0.0163 e. The fourth-order valence-corrected chi connectivity index (χ4v) is 1.16. The largest absolute Gasteiger partial charge is 0.0845 e. The second kappa shape index (κ2) is 7.60. The molecule has 0 aromatic rings. The molecule has 0 heteroatoms. The molecule has 1 aliphatic carbocycles. The van der Waals surface area contributed by atoms with E-state index in [1.807, 2.05) is 0 Å². The minimum absolute atomic E-state index is 1.02. The Morgan fingerprint density at radius 3 is 2.31 bits per heavy atom. The van der Waals surface area contributed by atoms with Gasteiger partial charge >= 0.3 is 0 Å². The van der Waals surface area contributed by atoms with Crippen molar-refractivity contribution in [3.63, 3.8) is 0 Å². The lowest BCUT2D eigenvalue weighted by molar-refractivity contribution is 0.843. The van der Waals surface area contributed by atoms with Crippen LogP contribution in [0.4, 0.5) is 0 Å². The number of hydrogen-bond acceptors (Lipinski definition) is 0. The van der Waals surface area contributed by atoms with Gasteiger partial charge in [-0.25, -0.2) is 0 Å². The first-order valence-electron chi connectivity index (χ1n) is 4.97. The second-order valence-electron chi connectivity index (χ2n) is 3.07. The topological polar surface area (TPSA) is 0 Å². The molecule has 0 unspecified atom stereocenters. The van der Waals surface area contributed by atoms with Crippen LogP contribution >= 0.6 is 0 Å². The summed E-state index contributed by atoms with van der Waals surface area (Å²) in [5.41, 5.74) is 0. The molecule has 1 radical (unpaired) electrons. The molecule has 0 bridgehead atoms. The fourth-order valence-electron chi connectivity index (χ4n) is 1.16. The monoisotopic (exact) mass is 173 g/mol. The molecule has 0 amide bonds. The Hall–Kier alpha value is -1.04. The summed E-state index contributed by atoms with van der Waals surface area (Å²) < 4.78 is 0. The Morgan fingerprint density at radius 1 is 0.615 bits per heavy atom. The molecular formula is C13H17. The molecule has 1 aliphatic rings. The highest BCUT2D eigenvalue weighted by Gasteiger charge is 1.83. The van der Waals surface area contributed by atoms with Crippen molar-refractivity contribution in [2.45, 2.75) is 25.7 Å². The summed E-state index contributed by atoms with van der Waals surface area (Å²) in [6.45, 7) is 0. The molecule has 0 N–H and O–H groups in total. The van der Waals surface area contributed by atoms with Gasteiger partial charge in [-0.05, 0) is 32.1 Å². The van der Waals surface area contributed by atoms with Gasteiger partial charge in [0.15, 0.2) is 0 Å². The highest BCUT2D eigenvalue weighted by atomic mass is 13.9. The molecule has 0 nitrogen and oxygen atoms in total. The fraction of sp³-hybridized carbons (Fsp3) is 0.308. The van der Waals surface area contributed by atoms with E-state index in [1.54, 1.807) is 0 Å². The van der Waals surface area contributed by atoms with Crippen molar-refractivity contribution in [1.82, 2.24) is 0 Å². The van der Waals surface area contributed by atoms with Crippen molar-refractivity contribution in [2.24, 2.45) is 0 Å². The molecule has 0 fully saturated rings. The van der Waals surface area contributed by atoms with E-state index < -0.39 is 0 Å². The minimum atomic E-state index is 1.02. The zero-order chi connectivity index (χ0) is 9.19. The van der Waals surface area contributed by atoms with Crippen molar-refractivity contribution < 1.29 is 0 Å². The van der Waals surface area contributed by atoms with Gasteiger partial charge < -0.3 is 0 Å². The normalized spacial score (nSPS) is 28.9. The molecule has 0 spiro atoms. The van der Waals surface area contributed by atoms with Crippen LogP contribution in [0.5, 0.6) is 0 Å². The summed E-state index contributed by atoms with van der Waals surface area (Å²) >= 11 is 0. The molecule has 0 aromatic heterocycles. The summed E-state index contributed by atoms with van der Waals surface area (Å²) in [6, 6.07) is 0. The van der Waals surface area contributed by atoms with E-state index in [0.717, 1.165) is 6.42 Å². The minimum Gasteiger partial charge on any atom is -0.0845 e. The number of rotatable bonds is 0. The highest BCUT2D eigenvalue weighted by Crippen LogP contribution is 2.01. The standard InChI is InChI=1S/C13H17/c1-2-4-6-8-10-12-13-11-9-7-5-3-1/h1-5,8,10,12-13H,6-7,9,11H2/b3-1+,4-2+,10-8-,13-12+. The quantitative estimate of drug-likeness (QED) is 0.519. The predicted octanol–water partition coefficient (Wildman–Crippen LogP) is 3.99. The first-order chi connectivity index (χ1) is 6.50. The lowest BCUT2D eigenvalue weighted by Gasteiger charge is -1.90. The van der Waals surface area contributed by atoms with Crippen LogP contribution < -0.4 is 0 Å². The van der Waals surface area contributed by atoms with E-state index in [-0.39, 0.29) is 0 Å². The second-order valence-corrected chi connectivity index (χ2v) is 3.07. The van der Waals surface area contributed by atoms with Crippen molar-refractivity contribution in [3.8, 4) is 0 Å². The average Bonchev–Trinajstić information content (AvgIpc) is 2.18. The van der Waals surface area contributed by atoms with Gasteiger partial charge in [-0.3, -0.25) is 0 Å². The zero-order valence-corrected chi connectivity index (χ0v) is 8.02. The smallest absolute Gasteiger partial charge is 0.0163 e. The Kier molecular flexibility index (Phi) is 5.87. The van der Waals surface area contributed by atoms with Crippen molar-refractivity contribution >= 4 is 0 Å². The van der Waals surface area contributed by atoms with E-state index in [0.29, 0.717) is 0 Å². The lowest BCUT2D eigenvalue weighted by atomic mass is 10.2. The zero-order valence-electron chi connectivity index (χ0n) is 8.02. The van der Waals surface area contributed by atoms with Crippen molar-refractivity contribution in [2.75, 3.05) is 0 Å². The van der Waals surface area contributed by atoms with Crippen LogP contribution in [0.15, 0.2) is 48.6 Å². The first kappa shape index (κ1) is 10.0. The van der Waals surface area contributed by atoms with Gasteiger partial charge in [0.05, 0.1) is 0 Å². The Balaban J connectivity index is 2.38. The Bertz CT molecular complexity index is 192. The third-order valence-corrected chi connectivity index (χ3v) is 1.89. The van der Waals surface area contributed by atoms with Crippen LogP contribution in [0, 0.1) is 6.42 Å². The van der Waals surface area contributed by atoms with Crippen LogP contribution in [-0.4, -0.2) is 0 Å². The highest BCUT2D eigenvalue weighted by molar-refractivity contribution is 5.11. The summed E-state index contributed by atoms with van der Waals surface area (Å²) in [5.74, 6) is 0. The van der Waals surface area contributed by atoms with Gasteiger partial charge in [-0.1, -0.05) is 48.6 Å². The maximum absolute atomic E-state index is 2.23. The number of hydrogen-bond donors (Lipinski definition) is 0.